The van der Waals surface area contributed by atoms with Gasteiger partial charge in [-0.05, 0) is 158 Å². The summed E-state index contributed by atoms with van der Waals surface area (Å²) in [6, 6.07) is 51.0. The Morgan fingerprint density at radius 3 is 1.21 bits per heavy atom. The molecule has 9 heteroatoms. The largest absolute Gasteiger partial charge is 0.417 e. The molecule has 0 aliphatic rings. The Labute approximate surface area is 412 Å². The lowest BCUT2D eigenvalue weighted by atomic mass is 9.90. The number of aromatic nitrogens is 2. The summed E-state index contributed by atoms with van der Waals surface area (Å²) < 4.78 is 94.1. The molecule has 0 amide bonds. The molecule has 0 radical (unpaired) electrons. The van der Waals surface area contributed by atoms with Gasteiger partial charge in [-0.1, -0.05) is 108 Å². The van der Waals surface area contributed by atoms with Crippen molar-refractivity contribution in [2.75, 3.05) is 0 Å². The first kappa shape index (κ1) is 46.1. The van der Waals surface area contributed by atoms with Gasteiger partial charge in [0.2, 0.25) is 0 Å². The molecule has 354 valence electrons. The van der Waals surface area contributed by atoms with E-state index < -0.39 is 29.0 Å². The van der Waals surface area contributed by atoms with Gasteiger partial charge < -0.3 is 9.13 Å². The molecule has 0 atom stereocenters. The van der Waals surface area contributed by atoms with E-state index in [1.807, 2.05) is 65.2 Å². The maximum absolute atomic E-state index is 15.0. The second kappa shape index (κ2) is 16.9. The third-order valence-corrected chi connectivity index (χ3v) is 14.1. The van der Waals surface area contributed by atoms with Crippen molar-refractivity contribution in [1.29, 1.82) is 5.26 Å². The highest BCUT2D eigenvalue weighted by Gasteiger charge is 2.41. The van der Waals surface area contributed by atoms with Crippen LogP contribution in [0.1, 0.15) is 50.1 Å². The molecule has 0 spiro atoms. The number of hydrogen-bond acceptors (Lipinski definition) is 1. The van der Waals surface area contributed by atoms with Crippen LogP contribution in [0.4, 0.5) is 26.3 Å². The second-order valence-electron chi connectivity index (χ2n) is 19.0. The molecule has 0 N–H and O–H groups in total. The van der Waals surface area contributed by atoms with Crippen LogP contribution in [0.25, 0.3) is 99.5 Å². The van der Waals surface area contributed by atoms with E-state index in [1.165, 1.54) is 17.7 Å². The van der Waals surface area contributed by atoms with E-state index >= 15 is 26.3 Å². The van der Waals surface area contributed by atoms with Gasteiger partial charge in [-0.3, -0.25) is 0 Å². The van der Waals surface area contributed by atoms with E-state index in [-0.39, 0.29) is 5.56 Å². The van der Waals surface area contributed by atoms with Gasteiger partial charge in [-0.15, -0.1) is 0 Å². The van der Waals surface area contributed by atoms with Gasteiger partial charge in [0.1, 0.15) is 0 Å². The van der Waals surface area contributed by atoms with Crippen LogP contribution in [-0.4, -0.2) is 9.13 Å². The number of aryl methyl sites for hydroxylation is 6. The van der Waals surface area contributed by atoms with Gasteiger partial charge in [0.15, 0.2) is 0 Å². The van der Waals surface area contributed by atoms with Crippen LogP contribution >= 0.6 is 0 Å². The van der Waals surface area contributed by atoms with Crippen molar-refractivity contribution in [1.82, 2.24) is 9.13 Å². The Bertz CT molecular complexity index is 4020. The van der Waals surface area contributed by atoms with Crippen LogP contribution in [0.15, 0.2) is 164 Å². The van der Waals surface area contributed by atoms with Crippen LogP contribution in [0.5, 0.6) is 0 Å². The Morgan fingerprint density at radius 1 is 0.375 bits per heavy atom. The average Bonchev–Trinajstić information content (AvgIpc) is 3.84. The summed E-state index contributed by atoms with van der Waals surface area (Å²) in [4.78, 5) is 0. The highest BCUT2D eigenvalue weighted by molar-refractivity contribution is 6.13. The van der Waals surface area contributed by atoms with Crippen molar-refractivity contribution < 1.29 is 26.3 Å². The molecule has 2 aromatic heterocycles. The molecular formula is C63H45F6N3. The maximum Gasteiger partial charge on any atom is 0.417 e. The summed E-state index contributed by atoms with van der Waals surface area (Å²) in [6.07, 6.45) is -10.2. The minimum Gasteiger partial charge on any atom is -0.309 e. The zero-order valence-electron chi connectivity index (χ0n) is 40.2. The first-order chi connectivity index (χ1) is 34.4. The van der Waals surface area contributed by atoms with Crippen LogP contribution in [0.2, 0.25) is 0 Å². The van der Waals surface area contributed by atoms with E-state index in [0.717, 1.165) is 88.7 Å². The van der Waals surface area contributed by atoms with Gasteiger partial charge in [0.05, 0.1) is 56.2 Å². The van der Waals surface area contributed by atoms with Gasteiger partial charge in [-0.25, -0.2) is 0 Å². The molecule has 9 aromatic carbocycles. The molecule has 0 unspecified atom stereocenters. The topological polar surface area (TPSA) is 33.6 Å². The Balaban J connectivity index is 1.24. The van der Waals surface area contributed by atoms with Gasteiger partial charge >= 0.3 is 12.4 Å². The number of nitrogens with zero attached hydrogens (tertiary/aromatic N) is 3. The fourth-order valence-electron chi connectivity index (χ4n) is 11.5. The minimum absolute atomic E-state index is 0.260. The van der Waals surface area contributed by atoms with Gasteiger partial charge in [0, 0.05) is 38.2 Å². The summed E-state index contributed by atoms with van der Waals surface area (Å²) in [7, 11) is 0. The van der Waals surface area contributed by atoms with Crippen molar-refractivity contribution in [3.05, 3.63) is 214 Å². The first-order valence-electron chi connectivity index (χ1n) is 23.6. The molecule has 72 heavy (non-hydrogen) atoms. The molecule has 0 saturated carbocycles. The summed E-state index contributed by atoms with van der Waals surface area (Å²) >= 11 is 0. The standard InChI is InChI=1S/C63H45F6N3/c1-35-26-37(3)59(38(4)27-35)42-20-24-55-49(31-42)45-12-7-9-16-53(45)71(55)57-30-41(34-70)18-22-47(57)48-23-19-44(61-51(62(64,65)66)14-11-15-52(61)63(67,68)69)33-58(48)72-54-17-10-8-13-46(54)50-32-43(21-25-56(50)72)60-39(5)28-36(2)29-40(60)6/h7-33H,1-6H3. The molecule has 11 rings (SSSR count). The number of benzene rings is 9. The normalized spacial score (nSPS) is 12.2. The van der Waals surface area contributed by atoms with Crippen molar-refractivity contribution in [3.63, 3.8) is 0 Å². The second-order valence-corrected chi connectivity index (χ2v) is 19.0. The van der Waals surface area contributed by atoms with Crippen molar-refractivity contribution >= 4 is 43.6 Å². The third kappa shape index (κ3) is 7.52. The smallest absolute Gasteiger partial charge is 0.309 e. The summed E-state index contributed by atoms with van der Waals surface area (Å²) in [5, 5.41) is 14.1. The SMILES string of the molecule is Cc1cc(C)c(-c2ccc3c(c2)c2ccccc2n3-c2cc(C#N)ccc2-c2ccc(-c3c(C(F)(F)F)cccc3C(F)(F)F)cc2-n2c3ccccc3c3cc(-c4c(C)cc(C)cc4C)ccc32)c(C)c1. The Morgan fingerprint density at radius 2 is 0.764 bits per heavy atom. The zero-order chi connectivity index (χ0) is 50.5. The predicted octanol–water partition coefficient (Wildman–Crippen LogP) is 18.3. The first-order valence-corrected chi connectivity index (χ1v) is 23.6. The quantitative estimate of drug-likeness (QED) is 0.153. The monoisotopic (exact) mass is 957 g/mol. The number of nitriles is 1. The van der Waals surface area contributed by atoms with Crippen LogP contribution in [0.3, 0.4) is 0 Å². The molecule has 0 saturated heterocycles. The van der Waals surface area contributed by atoms with Gasteiger partial charge in [-0.2, -0.15) is 31.6 Å². The predicted molar refractivity (Wildman–Crippen MR) is 280 cm³/mol. The summed E-state index contributed by atoms with van der Waals surface area (Å²) in [6.45, 7) is 12.5. The van der Waals surface area contributed by atoms with Gasteiger partial charge in [0.25, 0.3) is 0 Å². The van der Waals surface area contributed by atoms with Crippen LogP contribution < -0.4 is 0 Å². The Hall–Kier alpha value is -8.35. The van der Waals surface area contributed by atoms with E-state index in [1.54, 1.807) is 18.2 Å². The third-order valence-electron chi connectivity index (χ3n) is 14.1. The number of halogens is 6. The lowest BCUT2D eigenvalue weighted by Crippen LogP contribution is -2.14. The number of fused-ring (bicyclic) bond motifs is 6. The maximum atomic E-state index is 15.0. The van der Waals surface area contributed by atoms with E-state index in [4.69, 9.17) is 0 Å². The van der Waals surface area contributed by atoms with Crippen molar-refractivity contribution in [3.8, 4) is 62.0 Å². The van der Waals surface area contributed by atoms with Crippen LogP contribution in [-0.2, 0) is 12.4 Å². The molecule has 0 bridgehead atoms. The van der Waals surface area contributed by atoms with Crippen LogP contribution in [0, 0.1) is 52.9 Å². The van der Waals surface area contributed by atoms with Crippen molar-refractivity contribution in [2.45, 2.75) is 53.9 Å². The fourth-order valence-corrected chi connectivity index (χ4v) is 11.5. The fraction of sp³-hybridized carbons (Fsp3) is 0.127. The lowest BCUT2D eigenvalue weighted by molar-refractivity contribution is -0.142. The summed E-state index contributed by atoms with van der Waals surface area (Å²) in [5.74, 6) is 0. The van der Waals surface area contributed by atoms with Crippen molar-refractivity contribution in [2.24, 2.45) is 0 Å². The highest BCUT2D eigenvalue weighted by Crippen LogP contribution is 2.48. The molecule has 0 fully saturated rings. The molecule has 3 nitrogen and oxygen atoms in total. The Kier molecular flexibility index (Phi) is 10.8. The molecule has 11 aromatic rings. The minimum atomic E-state index is -5.11. The number of alkyl halides is 6. The van der Waals surface area contributed by atoms with E-state index in [9.17, 15) is 5.26 Å². The van der Waals surface area contributed by atoms with E-state index in [0.29, 0.717) is 51.2 Å². The number of hydrogen-bond donors (Lipinski definition) is 0. The highest BCUT2D eigenvalue weighted by atomic mass is 19.4. The molecular weight excluding hydrogens is 913 g/mol. The molecule has 0 aliphatic carbocycles. The summed E-state index contributed by atoms with van der Waals surface area (Å²) in [5.41, 5.74) is 12.5. The lowest BCUT2D eigenvalue weighted by Gasteiger charge is -2.22. The average molecular weight is 958 g/mol. The van der Waals surface area contributed by atoms with E-state index in [2.05, 4.69) is 107 Å². The number of para-hydroxylation sites is 2. The molecule has 0 aliphatic heterocycles. The molecule has 2 heterocycles. The zero-order valence-corrected chi connectivity index (χ0v) is 40.2. The number of rotatable bonds is 6.